The van der Waals surface area contributed by atoms with Gasteiger partial charge in [-0.25, -0.2) is 0 Å². The Bertz CT molecular complexity index is 585. The summed E-state index contributed by atoms with van der Waals surface area (Å²) >= 11 is 3.15. The molecule has 6 heteroatoms. The van der Waals surface area contributed by atoms with E-state index in [0.29, 0.717) is 10.2 Å². The van der Waals surface area contributed by atoms with Gasteiger partial charge < -0.3 is 9.30 Å². The Balaban J connectivity index is 2.57. The minimum Gasteiger partial charge on any atom is -0.404 e. The lowest BCUT2D eigenvalue weighted by Gasteiger charge is -2.17. The second kappa shape index (κ2) is 4.92. The summed E-state index contributed by atoms with van der Waals surface area (Å²) in [6, 6.07) is 8.26. The molecule has 0 amide bonds. The molecule has 0 aliphatic carbocycles. The van der Waals surface area contributed by atoms with Crippen LogP contribution in [0.25, 0.3) is 5.69 Å². The van der Waals surface area contributed by atoms with Gasteiger partial charge in [-0.2, -0.15) is 0 Å². The molecule has 0 saturated heterocycles. The topological polar surface area (TPSA) is 14.2 Å². The van der Waals surface area contributed by atoms with E-state index in [1.54, 1.807) is 16.7 Å². The van der Waals surface area contributed by atoms with Gasteiger partial charge >= 0.3 is 6.36 Å². The number of nitrogens with zero attached hydrogens (tertiary/aromatic N) is 1. The van der Waals surface area contributed by atoms with E-state index in [0.717, 1.165) is 11.4 Å². The van der Waals surface area contributed by atoms with Gasteiger partial charge in [0.2, 0.25) is 0 Å². The fraction of sp³-hybridized carbons (Fsp3) is 0.231. The van der Waals surface area contributed by atoms with Crippen LogP contribution in [-0.4, -0.2) is 10.9 Å². The molecule has 1 aromatic heterocycles. The number of benzene rings is 1. The van der Waals surface area contributed by atoms with Crippen LogP contribution < -0.4 is 4.74 Å². The molecular formula is C13H11BrF3NO. The maximum absolute atomic E-state index is 12.4. The lowest BCUT2D eigenvalue weighted by molar-refractivity contribution is -0.274. The summed E-state index contributed by atoms with van der Waals surface area (Å²) in [5.74, 6) is -0.232. The molecule has 0 fully saturated rings. The first-order chi connectivity index (χ1) is 8.78. The van der Waals surface area contributed by atoms with Crippen LogP contribution in [0.4, 0.5) is 13.2 Å². The smallest absolute Gasteiger partial charge is 0.404 e. The maximum Gasteiger partial charge on any atom is 0.573 e. The molecule has 0 bridgehead atoms. The lowest BCUT2D eigenvalue weighted by Crippen LogP contribution is -2.18. The first-order valence-corrected chi connectivity index (χ1v) is 6.28. The van der Waals surface area contributed by atoms with Crippen molar-refractivity contribution in [3.63, 3.8) is 0 Å². The fourth-order valence-electron chi connectivity index (χ4n) is 1.93. The first-order valence-electron chi connectivity index (χ1n) is 5.48. The number of ether oxygens (including phenoxy) is 1. The number of hydrogen-bond donors (Lipinski definition) is 0. The highest BCUT2D eigenvalue weighted by atomic mass is 79.9. The molecule has 2 aromatic rings. The Labute approximate surface area is 116 Å². The molecule has 0 atom stereocenters. The third-order valence-corrected chi connectivity index (χ3v) is 3.15. The van der Waals surface area contributed by atoms with Crippen LogP contribution >= 0.6 is 15.9 Å². The monoisotopic (exact) mass is 333 g/mol. The van der Waals surface area contributed by atoms with Gasteiger partial charge in [-0.05, 0) is 44.2 Å². The first kappa shape index (κ1) is 14.0. The molecule has 1 heterocycles. The van der Waals surface area contributed by atoms with Crippen molar-refractivity contribution < 1.29 is 17.9 Å². The van der Waals surface area contributed by atoms with E-state index in [9.17, 15) is 13.2 Å². The van der Waals surface area contributed by atoms with Crippen LogP contribution in [0.5, 0.6) is 5.75 Å². The Morgan fingerprint density at radius 2 is 1.63 bits per heavy atom. The molecule has 2 rings (SSSR count). The van der Waals surface area contributed by atoms with E-state index in [4.69, 9.17) is 0 Å². The van der Waals surface area contributed by atoms with Crippen molar-refractivity contribution in [2.24, 2.45) is 0 Å². The van der Waals surface area contributed by atoms with Gasteiger partial charge in [-0.15, -0.1) is 13.2 Å². The zero-order chi connectivity index (χ0) is 14.2. The summed E-state index contributed by atoms with van der Waals surface area (Å²) in [7, 11) is 0. The highest BCUT2D eigenvalue weighted by Gasteiger charge is 2.32. The number of rotatable bonds is 2. The molecule has 0 aliphatic heterocycles. The molecule has 19 heavy (non-hydrogen) atoms. The average Bonchev–Trinajstić information content (AvgIpc) is 2.58. The zero-order valence-electron chi connectivity index (χ0n) is 10.3. The number of hydrogen-bond acceptors (Lipinski definition) is 1. The molecule has 0 spiro atoms. The van der Waals surface area contributed by atoms with Crippen LogP contribution in [0, 0.1) is 13.8 Å². The minimum absolute atomic E-state index is 0.232. The zero-order valence-corrected chi connectivity index (χ0v) is 11.8. The van der Waals surface area contributed by atoms with E-state index in [1.165, 1.54) is 6.07 Å². The van der Waals surface area contributed by atoms with Gasteiger partial charge in [0.05, 0.1) is 5.69 Å². The van der Waals surface area contributed by atoms with E-state index >= 15 is 0 Å². The van der Waals surface area contributed by atoms with Gasteiger partial charge in [0.15, 0.2) is 5.75 Å². The van der Waals surface area contributed by atoms with Crippen LogP contribution in [0.2, 0.25) is 0 Å². The Hall–Kier alpha value is -1.43. The maximum atomic E-state index is 12.4. The molecule has 0 aliphatic rings. The number of aromatic nitrogens is 1. The van der Waals surface area contributed by atoms with Crippen molar-refractivity contribution >= 4 is 15.9 Å². The van der Waals surface area contributed by atoms with Crippen molar-refractivity contribution in [3.05, 3.63) is 46.2 Å². The standard InChI is InChI=1S/C13H11BrF3NO/c1-8-3-4-9(2)18(8)11-6-5-10(14)7-12(11)19-13(15,16)17/h3-7H,1-2H3. The van der Waals surface area contributed by atoms with Gasteiger partial charge in [-0.1, -0.05) is 15.9 Å². The number of alkyl halides is 3. The van der Waals surface area contributed by atoms with Crippen molar-refractivity contribution in [2.75, 3.05) is 0 Å². The molecule has 0 saturated carbocycles. The highest BCUT2D eigenvalue weighted by Crippen LogP contribution is 2.33. The van der Waals surface area contributed by atoms with Gasteiger partial charge in [0.1, 0.15) is 0 Å². The van der Waals surface area contributed by atoms with Crippen molar-refractivity contribution in [1.82, 2.24) is 4.57 Å². The van der Waals surface area contributed by atoms with Crippen LogP contribution in [0.3, 0.4) is 0 Å². The summed E-state index contributed by atoms with van der Waals surface area (Å²) in [6.45, 7) is 3.65. The highest BCUT2D eigenvalue weighted by molar-refractivity contribution is 9.10. The third kappa shape index (κ3) is 3.12. The van der Waals surface area contributed by atoms with Crippen LogP contribution in [0.1, 0.15) is 11.4 Å². The predicted molar refractivity (Wildman–Crippen MR) is 69.6 cm³/mol. The number of aryl methyl sites for hydroxylation is 2. The summed E-state index contributed by atoms with van der Waals surface area (Å²) < 4.78 is 43.7. The molecular weight excluding hydrogens is 323 g/mol. The molecule has 0 N–H and O–H groups in total. The molecule has 0 radical (unpaired) electrons. The Morgan fingerprint density at radius 1 is 1.05 bits per heavy atom. The second-order valence-corrected chi connectivity index (χ2v) is 5.03. The minimum atomic E-state index is -4.72. The quantitative estimate of drug-likeness (QED) is 0.773. The normalized spacial score (nSPS) is 11.7. The fourth-order valence-corrected chi connectivity index (χ4v) is 2.27. The van der Waals surface area contributed by atoms with Gasteiger partial charge in [0, 0.05) is 15.9 Å². The van der Waals surface area contributed by atoms with Gasteiger partial charge in [0.25, 0.3) is 0 Å². The van der Waals surface area contributed by atoms with Gasteiger partial charge in [-0.3, -0.25) is 0 Å². The van der Waals surface area contributed by atoms with Crippen molar-refractivity contribution in [2.45, 2.75) is 20.2 Å². The van der Waals surface area contributed by atoms with Crippen molar-refractivity contribution in [1.29, 1.82) is 0 Å². The predicted octanol–water partition coefficient (Wildman–Crippen LogP) is 4.76. The largest absolute Gasteiger partial charge is 0.573 e. The molecule has 102 valence electrons. The van der Waals surface area contributed by atoms with Crippen LogP contribution in [-0.2, 0) is 0 Å². The summed E-state index contributed by atoms with van der Waals surface area (Å²) in [6.07, 6.45) is -4.72. The van der Waals surface area contributed by atoms with E-state index < -0.39 is 6.36 Å². The second-order valence-electron chi connectivity index (χ2n) is 4.11. The Morgan fingerprint density at radius 3 is 2.16 bits per heavy atom. The van der Waals surface area contributed by atoms with Crippen molar-refractivity contribution in [3.8, 4) is 11.4 Å². The third-order valence-electron chi connectivity index (χ3n) is 2.66. The SMILES string of the molecule is Cc1ccc(C)n1-c1ccc(Br)cc1OC(F)(F)F. The summed E-state index contributed by atoms with van der Waals surface area (Å²) in [4.78, 5) is 0. The Kier molecular flexibility index (Phi) is 3.62. The lowest BCUT2D eigenvalue weighted by atomic mass is 10.2. The molecule has 2 nitrogen and oxygen atoms in total. The number of halogens is 4. The van der Waals surface area contributed by atoms with E-state index in [1.807, 2.05) is 26.0 Å². The van der Waals surface area contributed by atoms with Crippen LogP contribution in [0.15, 0.2) is 34.8 Å². The average molecular weight is 334 g/mol. The summed E-state index contributed by atoms with van der Waals surface area (Å²) in [5, 5.41) is 0. The molecule has 0 unspecified atom stereocenters. The van der Waals surface area contributed by atoms with E-state index in [-0.39, 0.29) is 5.75 Å². The summed E-state index contributed by atoms with van der Waals surface area (Å²) in [5.41, 5.74) is 2.04. The molecule has 1 aromatic carbocycles. The van der Waals surface area contributed by atoms with E-state index in [2.05, 4.69) is 20.7 Å².